The van der Waals surface area contributed by atoms with E-state index in [1.54, 1.807) is 50.6 Å². The van der Waals surface area contributed by atoms with Crippen LogP contribution < -0.4 is 20.1 Å². The summed E-state index contributed by atoms with van der Waals surface area (Å²) in [5, 5.41) is 5.34. The van der Waals surface area contributed by atoms with Gasteiger partial charge >= 0.3 is 6.03 Å². The number of amides is 4. The second kappa shape index (κ2) is 9.09. The number of nitrogens with one attached hydrogen (secondary N) is 2. The maximum atomic E-state index is 12.5. The Balaban J connectivity index is 1.52. The van der Waals surface area contributed by atoms with Crippen molar-refractivity contribution < 1.29 is 23.9 Å². The van der Waals surface area contributed by atoms with Gasteiger partial charge < -0.3 is 20.1 Å². The van der Waals surface area contributed by atoms with Crippen LogP contribution in [0.5, 0.6) is 11.5 Å². The van der Waals surface area contributed by atoms with E-state index in [0.717, 1.165) is 21.8 Å². The van der Waals surface area contributed by atoms with Gasteiger partial charge in [-0.1, -0.05) is 24.3 Å². The SMILES string of the molecule is COc1ccc(CNC(=O)C[C@H]2NC(=O)N(Cc3ccc(OC)cc3)C2=O)cc1. The topological polar surface area (TPSA) is 97.0 Å². The summed E-state index contributed by atoms with van der Waals surface area (Å²) in [7, 11) is 3.15. The fourth-order valence-corrected chi connectivity index (χ4v) is 2.98. The summed E-state index contributed by atoms with van der Waals surface area (Å²) in [6.45, 7) is 0.464. The number of methoxy groups -OCH3 is 2. The van der Waals surface area contributed by atoms with E-state index in [4.69, 9.17) is 9.47 Å². The predicted molar refractivity (Wildman–Crippen MR) is 105 cm³/mol. The first-order chi connectivity index (χ1) is 14.0. The van der Waals surface area contributed by atoms with E-state index in [1.165, 1.54) is 0 Å². The van der Waals surface area contributed by atoms with Crippen molar-refractivity contribution in [3.63, 3.8) is 0 Å². The molecule has 3 rings (SSSR count). The fourth-order valence-electron chi connectivity index (χ4n) is 2.98. The Hall–Kier alpha value is -3.55. The normalized spacial score (nSPS) is 15.8. The molecule has 0 aliphatic carbocycles. The summed E-state index contributed by atoms with van der Waals surface area (Å²) < 4.78 is 10.2. The molecule has 0 bridgehead atoms. The first-order valence-electron chi connectivity index (χ1n) is 9.14. The van der Waals surface area contributed by atoms with Crippen LogP contribution >= 0.6 is 0 Å². The molecule has 1 aliphatic rings. The number of carbonyl (C=O) groups is 3. The average molecular weight is 397 g/mol. The van der Waals surface area contributed by atoms with Crippen LogP contribution in [0.2, 0.25) is 0 Å². The Morgan fingerprint density at radius 1 is 0.966 bits per heavy atom. The monoisotopic (exact) mass is 397 g/mol. The number of imide groups is 1. The lowest BCUT2D eigenvalue weighted by Gasteiger charge is -2.13. The molecule has 8 heteroatoms. The van der Waals surface area contributed by atoms with Crippen LogP contribution in [-0.4, -0.2) is 43.0 Å². The van der Waals surface area contributed by atoms with Gasteiger partial charge in [0.2, 0.25) is 5.91 Å². The number of ether oxygens (including phenoxy) is 2. The zero-order chi connectivity index (χ0) is 20.8. The highest BCUT2D eigenvalue weighted by Crippen LogP contribution is 2.17. The standard InChI is InChI=1S/C21H23N3O5/c1-28-16-7-3-14(4-8-16)12-22-19(25)11-18-20(26)24(21(27)23-18)13-15-5-9-17(29-2)10-6-15/h3-10,18H,11-13H2,1-2H3,(H,22,25)(H,23,27)/t18-/m1/s1. The van der Waals surface area contributed by atoms with E-state index in [0.29, 0.717) is 12.3 Å². The third-order valence-electron chi connectivity index (χ3n) is 4.64. The van der Waals surface area contributed by atoms with Gasteiger partial charge in [-0.3, -0.25) is 14.5 Å². The molecule has 1 atom stereocenters. The van der Waals surface area contributed by atoms with E-state index in [9.17, 15) is 14.4 Å². The van der Waals surface area contributed by atoms with Gasteiger partial charge in [-0.15, -0.1) is 0 Å². The molecule has 0 spiro atoms. The zero-order valence-electron chi connectivity index (χ0n) is 16.3. The maximum Gasteiger partial charge on any atom is 0.325 e. The molecule has 0 unspecified atom stereocenters. The van der Waals surface area contributed by atoms with Gasteiger partial charge in [0.05, 0.1) is 27.2 Å². The summed E-state index contributed by atoms with van der Waals surface area (Å²) in [4.78, 5) is 38.0. The first kappa shape index (κ1) is 20.2. The van der Waals surface area contributed by atoms with Crippen LogP contribution in [-0.2, 0) is 22.7 Å². The highest BCUT2D eigenvalue weighted by atomic mass is 16.5. The molecular weight excluding hydrogens is 374 g/mol. The molecule has 0 radical (unpaired) electrons. The summed E-state index contributed by atoms with van der Waals surface area (Å²) >= 11 is 0. The quantitative estimate of drug-likeness (QED) is 0.663. The van der Waals surface area contributed by atoms with Crippen LogP contribution in [0.25, 0.3) is 0 Å². The van der Waals surface area contributed by atoms with E-state index < -0.39 is 18.0 Å². The number of hydrogen-bond donors (Lipinski definition) is 2. The van der Waals surface area contributed by atoms with Crippen molar-refractivity contribution in [1.82, 2.24) is 15.5 Å². The highest BCUT2D eigenvalue weighted by Gasteiger charge is 2.38. The molecule has 0 saturated carbocycles. The van der Waals surface area contributed by atoms with Crippen molar-refractivity contribution in [1.29, 1.82) is 0 Å². The number of rotatable bonds is 8. The van der Waals surface area contributed by atoms with Gasteiger partial charge in [-0.2, -0.15) is 0 Å². The van der Waals surface area contributed by atoms with Crippen LogP contribution in [0.15, 0.2) is 48.5 Å². The Kier molecular flexibility index (Phi) is 6.33. The van der Waals surface area contributed by atoms with E-state index in [1.807, 2.05) is 12.1 Å². The van der Waals surface area contributed by atoms with Crippen LogP contribution in [0.3, 0.4) is 0 Å². The molecule has 8 nitrogen and oxygen atoms in total. The van der Waals surface area contributed by atoms with Crippen LogP contribution in [0.1, 0.15) is 17.5 Å². The predicted octanol–water partition coefficient (Wildman–Crippen LogP) is 1.83. The minimum atomic E-state index is -0.864. The Labute approximate surface area is 168 Å². The lowest BCUT2D eigenvalue weighted by atomic mass is 10.1. The average Bonchev–Trinajstić information content (AvgIpc) is 3.00. The van der Waals surface area contributed by atoms with Gasteiger partial charge in [0.1, 0.15) is 17.5 Å². The van der Waals surface area contributed by atoms with Crippen molar-refractivity contribution in [2.75, 3.05) is 14.2 Å². The third-order valence-corrected chi connectivity index (χ3v) is 4.64. The van der Waals surface area contributed by atoms with Gasteiger partial charge in [0, 0.05) is 6.54 Å². The molecule has 2 aromatic rings. The van der Waals surface area contributed by atoms with Crippen molar-refractivity contribution >= 4 is 17.8 Å². The Morgan fingerprint density at radius 2 is 1.52 bits per heavy atom. The number of carbonyl (C=O) groups excluding carboxylic acids is 3. The van der Waals surface area contributed by atoms with Crippen molar-refractivity contribution in [3.8, 4) is 11.5 Å². The molecule has 4 amide bonds. The van der Waals surface area contributed by atoms with Gasteiger partial charge in [-0.25, -0.2) is 4.79 Å². The summed E-state index contributed by atoms with van der Waals surface area (Å²) in [6, 6.07) is 13.0. The summed E-state index contributed by atoms with van der Waals surface area (Å²) in [6.07, 6.45) is -0.111. The number of urea groups is 1. The van der Waals surface area contributed by atoms with E-state index in [2.05, 4.69) is 10.6 Å². The van der Waals surface area contributed by atoms with Crippen LogP contribution in [0, 0.1) is 0 Å². The van der Waals surface area contributed by atoms with Gasteiger partial charge in [-0.05, 0) is 35.4 Å². The minimum absolute atomic E-state index is 0.111. The minimum Gasteiger partial charge on any atom is -0.497 e. The molecule has 2 aromatic carbocycles. The van der Waals surface area contributed by atoms with Crippen LogP contribution in [0.4, 0.5) is 4.79 Å². The molecule has 1 aliphatic heterocycles. The smallest absolute Gasteiger partial charge is 0.325 e. The highest BCUT2D eigenvalue weighted by molar-refractivity contribution is 6.05. The molecule has 1 saturated heterocycles. The second-order valence-electron chi connectivity index (χ2n) is 6.60. The lowest BCUT2D eigenvalue weighted by molar-refractivity contribution is -0.131. The van der Waals surface area contributed by atoms with Crippen molar-refractivity contribution in [2.24, 2.45) is 0 Å². The molecule has 1 fully saturated rings. The van der Waals surface area contributed by atoms with E-state index >= 15 is 0 Å². The second-order valence-corrected chi connectivity index (χ2v) is 6.60. The largest absolute Gasteiger partial charge is 0.497 e. The zero-order valence-corrected chi connectivity index (χ0v) is 16.3. The molecular formula is C21H23N3O5. The van der Waals surface area contributed by atoms with Crippen molar-refractivity contribution in [2.45, 2.75) is 25.6 Å². The Bertz CT molecular complexity index is 880. The molecule has 0 aromatic heterocycles. The van der Waals surface area contributed by atoms with Crippen molar-refractivity contribution in [3.05, 3.63) is 59.7 Å². The Morgan fingerprint density at radius 3 is 2.07 bits per heavy atom. The number of nitrogens with zero attached hydrogens (tertiary/aromatic N) is 1. The molecule has 152 valence electrons. The molecule has 1 heterocycles. The first-order valence-corrected chi connectivity index (χ1v) is 9.14. The number of benzene rings is 2. The summed E-state index contributed by atoms with van der Waals surface area (Å²) in [5.74, 6) is 0.699. The maximum absolute atomic E-state index is 12.5. The van der Waals surface area contributed by atoms with E-state index in [-0.39, 0.29) is 18.9 Å². The summed E-state index contributed by atoms with van der Waals surface area (Å²) in [5.41, 5.74) is 1.70. The molecule has 29 heavy (non-hydrogen) atoms. The number of hydrogen-bond acceptors (Lipinski definition) is 5. The fraction of sp³-hybridized carbons (Fsp3) is 0.286. The third kappa shape index (κ3) is 5.04. The van der Waals surface area contributed by atoms with Gasteiger partial charge in [0.25, 0.3) is 5.91 Å². The molecule has 2 N–H and O–H groups in total. The van der Waals surface area contributed by atoms with Gasteiger partial charge in [0.15, 0.2) is 0 Å². The lowest BCUT2D eigenvalue weighted by Crippen LogP contribution is -2.36.